The van der Waals surface area contributed by atoms with Gasteiger partial charge in [-0.25, -0.2) is 0 Å². The van der Waals surface area contributed by atoms with Gasteiger partial charge >= 0.3 is 0 Å². The van der Waals surface area contributed by atoms with E-state index in [2.05, 4.69) is 14.8 Å². The zero-order chi connectivity index (χ0) is 15.5. The Labute approximate surface area is 128 Å². The number of nitrogens with zero attached hydrogens (tertiary/aromatic N) is 3. The number of methoxy groups -OCH3 is 3. The van der Waals surface area contributed by atoms with Gasteiger partial charge < -0.3 is 23.5 Å². The van der Waals surface area contributed by atoms with E-state index in [0.717, 1.165) is 30.2 Å². The molecule has 7 nitrogen and oxygen atoms in total. The second kappa shape index (κ2) is 6.23. The fourth-order valence-electron chi connectivity index (χ4n) is 2.65. The van der Waals surface area contributed by atoms with E-state index < -0.39 is 0 Å². The number of rotatable bonds is 4. The molecule has 0 atom stereocenters. The first kappa shape index (κ1) is 14.6. The normalized spacial score (nSPS) is 14.1. The van der Waals surface area contributed by atoms with Gasteiger partial charge in [0.2, 0.25) is 5.75 Å². The maximum absolute atomic E-state index is 5.54. The molecule has 1 aromatic heterocycles. The van der Waals surface area contributed by atoms with Gasteiger partial charge in [-0.1, -0.05) is 0 Å². The number of ether oxygens (including phenoxy) is 4. The van der Waals surface area contributed by atoms with E-state index in [1.165, 1.54) is 0 Å². The van der Waals surface area contributed by atoms with E-state index in [-0.39, 0.29) is 0 Å². The largest absolute Gasteiger partial charge is 0.493 e. The van der Waals surface area contributed by atoms with Gasteiger partial charge in [-0.2, -0.15) is 0 Å². The molecule has 0 N–H and O–H groups in total. The summed E-state index contributed by atoms with van der Waals surface area (Å²) in [7, 11) is 4.78. The summed E-state index contributed by atoms with van der Waals surface area (Å²) >= 11 is 0. The van der Waals surface area contributed by atoms with Crippen LogP contribution in [0, 0.1) is 0 Å². The highest BCUT2D eigenvalue weighted by Gasteiger charge is 2.23. The molecule has 1 aliphatic heterocycles. The van der Waals surface area contributed by atoms with Crippen molar-refractivity contribution in [3.05, 3.63) is 18.0 Å². The number of hydrogen-bond acceptors (Lipinski definition) is 6. The van der Waals surface area contributed by atoms with Crippen LogP contribution in [-0.4, -0.2) is 49.3 Å². The van der Waals surface area contributed by atoms with Crippen molar-refractivity contribution < 1.29 is 18.9 Å². The Balaban J connectivity index is 2.14. The Kier molecular flexibility index (Phi) is 4.15. The van der Waals surface area contributed by atoms with Crippen LogP contribution in [0.5, 0.6) is 17.2 Å². The third-order valence-corrected chi connectivity index (χ3v) is 3.70. The molecule has 0 saturated heterocycles. The average molecular weight is 305 g/mol. The fourth-order valence-corrected chi connectivity index (χ4v) is 2.65. The Morgan fingerprint density at radius 3 is 2.55 bits per heavy atom. The minimum atomic E-state index is 0.546. The molecule has 0 saturated carbocycles. The molecule has 3 rings (SSSR count). The number of fused-ring (bicyclic) bond motifs is 1. The van der Waals surface area contributed by atoms with E-state index in [1.807, 2.05) is 12.1 Å². The van der Waals surface area contributed by atoms with Gasteiger partial charge in [-0.05, 0) is 12.1 Å². The molecule has 1 aromatic carbocycles. The molecular formula is C15H19N3O4. The lowest BCUT2D eigenvalue weighted by Crippen LogP contribution is -2.07. The van der Waals surface area contributed by atoms with Gasteiger partial charge in [-0.15, -0.1) is 10.2 Å². The van der Waals surface area contributed by atoms with Crippen LogP contribution in [0.4, 0.5) is 0 Å². The lowest BCUT2D eigenvalue weighted by atomic mass is 10.1. The van der Waals surface area contributed by atoms with Crippen LogP contribution in [0.15, 0.2) is 12.1 Å². The zero-order valence-corrected chi connectivity index (χ0v) is 13.0. The summed E-state index contributed by atoms with van der Waals surface area (Å²) in [5.74, 6) is 3.41. The van der Waals surface area contributed by atoms with Crippen LogP contribution in [0.2, 0.25) is 0 Å². The van der Waals surface area contributed by atoms with Crippen molar-refractivity contribution in [3.63, 3.8) is 0 Å². The van der Waals surface area contributed by atoms with E-state index in [0.29, 0.717) is 30.5 Å². The molecule has 0 bridgehead atoms. The third kappa shape index (κ3) is 2.37. The summed E-state index contributed by atoms with van der Waals surface area (Å²) in [4.78, 5) is 0. The minimum Gasteiger partial charge on any atom is -0.493 e. The summed E-state index contributed by atoms with van der Waals surface area (Å²) in [5.41, 5.74) is 0.820. The molecule has 0 fully saturated rings. The first-order valence-corrected chi connectivity index (χ1v) is 7.09. The Morgan fingerprint density at radius 1 is 1.00 bits per heavy atom. The van der Waals surface area contributed by atoms with Gasteiger partial charge in [-0.3, -0.25) is 0 Å². The average Bonchev–Trinajstić information content (AvgIpc) is 2.81. The quantitative estimate of drug-likeness (QED) is 0.853. The maximum Gasteiger partial charge on any atom is 0.204 e. The highest BCUT2D eigenvalue weighted by atomic mass is 16.5. The number of benzene rings is 1. The fraction of sp³-hybridized carbons (Fsp3) is 0.467. The molecule has 0 spiro atoms. The Morgan fingerprint density at radius 2 is 1.82 bits per heavy atom. The van der Waals surface area contributed by atoms with Crippen molar-refractivity contribution in [1.82, 2.24) is 14.8 Å². The standard InChI is InChI=1S/C15H19N3O4/c1-19-11-5-4-10(13(20-2)14(11)21-3)15-17-16-12-6-8-22-9-7-18(12)15/h4-5H,6-9H2,1-3H3. The SMILES string of the molecule is COc1ccc(-c2nnc3n2CCOCC3)c(OC)c1OC. The Bertz CT molecular complexity index is 669. The second-order valence-corrected chi connectivity index (χ2v) is 4.84. The van der Waals surface area contributed by atoms with Crippen LogP contribution in [0.25, 0.3) is 11.4 Å². The lowest BCUT2D eigenvalue weighted by molar-refractivity contribution is 0.140. The van der Waals surface area contributed by atoms with E-state index in [4.69, 9.17) is 18.9 Å². The molecule has 0 amide bonds. The maximum atomic E-state index is 5.54. The molecule has 0 radical (unpaired) electrons. The first-order valence-electron chi connectivity index (χ1n) is 7.09. The summed E-state index contributed by atoms with van der Waals surface area (Å²) < 4.78 is 23.9. The van der Waals surface area contributed by atoms with E-state index in [1.54, 1.807) is 21.3 Å². The highest BCUT2D eigenvalue weighted by Crippen LogP contribution is 2.43. The molecule has 2 heterocycles. The van der Waals surface area contributed by atoms with Gasteiger partial charge in [0.15, 0.2) is 17.3 Å². The summed E-state index contributed by atoms with van der Waals surface area (Å²) in [6.45, 7) is 2.03. The lowest BCUT2D eigenvalue weighted by Gasteiger charge is -2.16. The first-order chi connectivity index (χ1) is 10.8. The monoisotopic (exact) mass is 305 g/mol. The molecule has 1 aliphatic rings. The van der Waals surface area contributed by atoms with Crippen LogP contribution >= 0.6 is 0 Å². The molecule has 2 aromatic rings. The van der Waals surface area contributed by atoms with Gasteiger partial charge in [0, 0.05) is 13.0 Å². The predicted molar refractivity (Wildman–Crippen MR) is 79.6 cm³/mol. The van der Waals surface area contributed by atoms with Crippen molar-refractivity contribution >= 4 is 0 Å². The van der Waals surface area contributed by atoms with Gasteiger partial charge in [0.05, 0.1) is 40.1 Å². The van der Waals surface area contributed by atoms with Crippen molar-refractivity contribution in [1.29, 1.82) is 0 Å². The molecule has 22 heavy (non-hydrogen) atoms. The molecule has 7 heteroatoms. The predicted octanol–water partition coefficient (Wildman–Crippen LogP) is 1.54. The van der Waals surface area contributed by atoms with Gasteiger partial charge in [0.25, 0.3) is 0 Å². The summed E-state index contributed by atoms with van der Waals surface area (Å²) in [5, 5.41) is 8.60. The molecule has 0 aliphatic carbocycles. The zero-order valence-electron chi connectivity index (χ0n) is 13.0. The van der Waals surface area contributed by atoms with Crippen LogP contribution in [0.3, 0.4) is 0 Å². The minimum absolute atomic E-state index is 0.546. The van der Waals surface area contributed by atoms with Crippen molar-refractivity contribution in [2.24, 2.45) is 0 Å². The summed E-state index contributed by atoms with van der Waals surface area (Å²) in [6, 6.07) is 3.74. The molecule has 0 unspecified atom stereocenters. The number of hydrogen-bond donors (Lipinski definition) is 0. The van der Waals surface area contributed by atoms with E-state index >= 15 is 0 Å². The van der Waals surface area contributed by atoms with Crippen molar-refractivity contribution in [3.8, 4) is 28.6 Å². The smallest absolute Gasteiger partial charge is 0.204 e. The van der Waals surface area contributed by atoms with Crippen LogP contribution in [-0.2, 0) is 17.7 Å². The third-order valence-electron chi connectivity index (χ3n) is 3.70. The number of aromatic nitrogens is 3. The van der Waals surface area contributed by atoms with Crippen LogP contribution < -0.4 is 14.2 Å². The van der Waals surface area contributed by atoms with Crippen molar-refractivity contribution in [2.45, 2.75) is 13.0 Å². The molecular weight excluding hydrogens is 286 g/mol. The van der Waals surface area contributed by atoms with E-state index in [9.17, 15) is 0 Å². The molecule has 118 valence electrons. The van der Waals surface area contributed by atoms with Crippen LogP contribution in [0.1, 0.15) is 5.82 Å². The topological polar surface area (TPSA) is 67.6 Å². The Hall–Kier alpha value is -2.28. The van der Waals surface area contributed by atoms with Gasteiger partial charge in [0.1, 0.15) is 5.82 Å². The van der Waals surface area contributed by atoms with Crippen molar-refractivity contribution in [2.75, 3.05) is 34.5 Å². The highest BCUT2D eigenvalue weighted by molar-refractivity contribution is 5.72. The summed E-state index contributed by atoms with van der Waals surface area (Å²) in [6.07, 6.45) is 0.753. The second-order valence-electron chi connectivity index (χ2n) is 4.84.